The van der Waals surface area contributed by atoms with E-state index in [2.05, 4.69) is 0 Å². The minimum absolute atomic E-state index is 0.00305. The third-order valence-corrected chi connectivity index (χ3v) is 5.86. The molecule has 0 unspecified atom stereocenters. The smallest absolute Gasteiger partial charge is 0.271 e. The first kappa shape index (κ1) is 20.8. The zero-order chi connectivity index (χ0) is 22.0. The van der Waals surface area contributed by atoms with Crippen LogP contribution < -0.4 is 9.64 Å². The van der Waals surface area contributed by atoms with Crippen LogP contribution in [-0.4, -0.2) is 23.3 Å². The molecule has 0 aliphatic carbocycles. The van der Waals surface area contributed by atoms with Crippen LogP contribution in [0.1, 0.15) is 16.7 Å². The van der Waals surface area contributed by atoms with Gasteiger partial charge in [0.2, 0.25) is 0 Å². The lowest BCUT2D eigenvalue weighted by atomic mass is 10.1. The van der Waals surface area contributed by atoms with Crippen LogP contribution in [0, 0.1) is 13.8 Å². The van der Waals surface area contributed by atoms with Crippen LogP contribution in [0.3, 0.4) is 0 Å². The van der Waals surface area contributed by atoms with Crippen molar-refractivity contribution in [2.45, 2.75) is 13.8 Å². The molecule has 1 saturated heterocycles. The third kappa shape index (κ3) is 4.34. The largest absolute Gasteiger partial charge is 0.504 e. The van der Waals surface area contributed by atoms with Crippen molar-refractivity contribution in [1.82, 2.24) is 0 Å². The van der Waals surface area contributed by atoms with Crippen molar-refractivity contribution in [3.05, 3.63) is 88.3 Å². The summed E-state index contributed by atoms with van der Waals surface area (Å²) in [5, 5.41) is 11.0. The Labute approximate surface area is 185 Å². The van der Waals surface area contributed by atoms with E-state index in [4.69, 9.17) is 9.73 Å². The number of aromatic hydroxyl groups is 1. The van der Waals surface area contributed by atoms with Gasteiger partial charge in [-0.1, -0.05) is 47.5 Å². The summed E-state index contributed by atoms with van der Waals surface area (Å²) >= 11 is 1.28. The van der Waals surface area contributed by atoms with Crippen molar-refractivity contribution < 1.29 is 14.6 Å². The fourth-order valence-corrected chi connectivity index (χ4v) is 4.15. The van der Waals surface area contributed by atoms with Crippen LogP contribution in [-0.2, 0) is 4.79 Å². The molecule has 0 bridgehead atoms. The Morgan fingerprint density at radius 2 is 1.61 bits per heavy atom. The highest BCUT2D eigenvalue weighted by Gasteiger charge is 2.35. The second kappa shape index (κ2) is 8.70. The first-order valence-corrected chi connectivity index (χ1v) is 10.6. The van der Waals surface area contributed by atoms with Gasteiger partial charge in [0.05, 0.1) is 23.4 Å². The number of amides is 1. The number of anilines is 1. The topological polar surface area (TPSA) is 62.1 Å². The molecule has 0 atom stereocenters. The number of nitrogens with zero attached hydrogens (tertiary/aromatic N) is 2. The maximum atomic E-state index is 13.4. The predicted molar refractivity (Wildman–Crippen MR) is 127 cm³/mol. The molecule has 4 rings (SSSR count). The fourth-order valence-electron chi connectivity index (χ4n) is 3.16. The van der Waals surface area contributed by atoms with Crippen molar-refractivity contribution in [2.24, 2.45) is 4.99 Å². The average molecular weight is 431 g/mol. The molecule has 1 fully saturated rings. The minimum atomic E-state index is -0.193. The first-order valence-electron chi connectivity index (χ1n) is 9.78. The highest BCUT2D eigenvalue weighted by Crippen LogP contribution is 2.39. The molecule has 0 saturated carbocycles. The van der Waals surface area contributed by atoms with Crippen molar-refractivity contribution in [3.8, 4) is 11.5 Å². The lowest BCUT2D eigenvalue weighted by Crippen LogP contribution is -2.28. The SMILES string of the molecule is COc1cccc(/C=C2/SC(=Nc3ccc(C)cc3)N(c3ccc(C)cc3)C2=O)c1O. The van der Waals surface area contributed by atoms with Crippen molar-refractivity contribution in [3.63, 3.8) is 0 Å². The van der Waals surface area contributed by atoms with Crippen LogP contribution >= 0.6 is 11.8 Å². The normalized spacial score (nSPS) is 16.4. The van der Waals surface area contributed by atoms with Gasteiger partial charge in [-0.15, -0.1) is 0 Å². The first-order chi connectivity index (χ1) is 15.0. The number of aliphatic imine (C=N–C) groups is 1. The van der Waals surface area contributed by atoms with E-state index in [1.165, 1.54) is 18.9 Å². The predicted octanol–water partition coefficient (Wildman–Crippen LogP) is 5.83. The summed E-state index contributed by atoms with van der Waals surface area (Å²) in [6.07, 6.45) is 1.67. The van der Waals surface area contributed by atoms with Gasteiger partial charge in [-0.3, -0.25) is 9.69 Å². The van der Waals surface area contributed by atoms with E-state index < -0.39 is 0 Å². The van der Waals surface area contributed by atoms with E-state index in [9.17, 15) is 9.90 Å². The molecule has 3 aromatic carbocycles. The second-order valence-corrected chi connectivity index (χ2v) is 8.22. The third-order valence-electron chi connectivity index (χ3n) is 4.89. The van der Waals surface area contributed by atoms with Gasteiger partial charge < -0.3 is 9.84 Å². The molecule has 1 heterocycles. The van der Waals surface area contributed by atoms with E-state index in [1.807, 2.05) is 62.4 Å². The number of rotatable bonds is 4. The average Bonchev–Trinajstić information content (AvgIpc) is 3.06. The van der Waals surface area contributed by atoms with Gasteiger partial charge in [-0.25, -0.2) is 4.99 Å². The Balaban J connectivity index is 1.79. The number of ether oxygens (including phenoxy) is 1. The number of carbonyl (C=O) groups is 1. The number of thioether (sulfide) groups is 1. The summed E-state index contributed by atoms with van der Waals surface area (Å²) in [5.41, 5.74) is 4.27. The van der Waals surface area contributed by atoms with Crippen LogP contribution in [0.25, 0.3) is 6.08 Å². The van der Waals surface area contributed by atoms with Crippen LogP contribution in [0.15, 0.2) is 76.6 Å². The van der Waals surface area contributed by atoms with E-state index in [1.54, 1.807) is 29.2 Å². The number of benzene rings is 3. The highest BCUT2D eigenvalue weighted by molar-refractivity contribution is 8.19. The van der Waals surface area contributed by atoms with Crippen molar-refractivity contribution in [1.29, 1.82) is 0 Å². The number of phenols is 1. The monoisotopic (exact) mass is 430 g/mol. The molecule has 1 amide bonds. The van der Waals surface area contributed by atoms with E-state index in [0.717, 1.165) is 22.5 Å². The maximum absolute atomic E-state index is 13.4. The summed E-state index contributed by atoms with van der Waals surface area (Å²) in [7, 11) is 1.49. The molecule has 0 aromatic heterocycles. The zero-order valence-electron chi connectivity index (χ0n) is 17.5. The van der Waals surface area contributed by atoms with Gasteiger partial charge in [0, 0.05) is 5.56 Å². The lowest BCUT2D eigenvalue weighted by molar-refractivity contribution is -0.113. The number of phenolic OH excluding ortho intramolecular Hbond substituents is 1. The number of para-hydroxylation sites is 1. The molecule has 31 heavy (non-hydrogen) atoms. The standard InChI is InChI=1S/C25H22N2O3S/c1-16-7-11-19(12-8-16)26-25-27(20-13-9-17(2)10-14-20)24(29)22(31-25)15-18-5-4-6-21(30-3)23(18)28/h4-15,28H,1-3H3/b22-15+,26-25?. The molecule has 0 radical (unpaired) electrons. The molecule has 156 valence electrons. The summed E-state index contributed by atoms with van der Waals surface area (Å²) in [5.74, 6) is 0.160. The summed E-state index contributed by atoms with van der Waals surface area (Å²) in [4.78, 5) is 20.2. The van der Waals surface area contributed by atoms with E-state index in [-0.39, 0.29) is 11.7 Å². The second-order valence-electron chi connectivity index (χ2n) is 7.21. The zero-order valence-corrected chi connectivity index (χ0v) is 18.3. The summed E-state index contributed by atoms with van der Waals surface area (Å²) < 4.78 is 5.18. The van der Waals surface area contributed by atoms with Gasteiger partial charge in [0.1, 0.15) is 0 Å². The van der Waals surface area contributed by atoms with Crippen LogP contribution in [0.2, 0.25) is 0 Å². The molecule has 5 nitrogen and oxygen atoms in total. The van der Waals surface area contributed by atoms with Gasteiger partial charge >= 0.3 is 0 Å². The Hall–Kier alpha value is -3.51. The molecule has 1 aliphatic rings. The molecule has 6 heteroatoms. The van der Waals surface area contributed by atoms with Gasteiger partial charge in [-0.05, 0) is 62.0 Å². The van der Waals surface area contributed by atoms with Crippen molar-refractivity contribution in [2.75, 3.05) is 12.0 Å². The Bertz CT molecular complexity index is 1180. The molecule has 1 N–H and O–H groups in total. The maximum Gasteiger partial charge on any atom is 0.271 e. The van der Waals surface area contributed by atoms with Gasteiger partial charge in [-0.2, -0.15) is 0 Å². The molecule has 0 spiro atoms. The molecule has 3 aromatic rings. The van der Waals surface area contributed by atoms with Gasteiger partial charge in [0.25, 0.3) is 5.91 Å². The van der Waals surface area contributed by atoms with Crippen LogP contribution in [0.5, 0.6) is 11.5 Å². The summed E-state index contributed by atoms with van der Waals surface area (Å²) in [6.45, 7) is 4.02. The Morgan fingerprint density at radius 1 is 0.968 bits per heavy atom. The minimum Gasteiger partial charge on any atom is -0.504 e. The number of methoxy groups -OCH3 is 1. The van der Waals surface area contributed by atoms with E-state index >= 15 is 0 Å². The Morgan fingerprint density at radius 3 is 2.26 bits per heavy atom. The quantitative estimate of drug-likeness (QED) is 0.529. The lowest BCUT2D eigenvalue weighted by Gasteiger charge is -2.16. The fraction of sp³-hybridized carbons (Fsp3) is 0.120. The molecular weight excluding hydrogens is 408 g/mol. The molecule has 1 aliphatic heterocycles. The number of carbonyl (C=O) groups excluding carboxylic acids is 1. The van der Waals surface area contributed by atoms with Crippen molar-refractivity contribution >= 4 is 40.3 Å². The molecular formula is C25H22N2O3S. The highest BCUT2D eigenvalue weighted by atomic mass is 32.2. The van der Waals surface area contributed by atoms with E-state index in [0.29, 0.717) is 21.4 Å². The number of aryl methyl sites for hydroxylation is 2. The number of hydrogen-bond donors (Lipinski definition) is 1. The Kier molecular flexibility index (Phi) is 5.82. The van der Waals surface area contributed by atoms with Crippen LogP contribution in [0.4, 0.5) is 11.4 Å². The van der Waals surface area contributed by atoms with Gasteiger partial charge in [0.15, 0.2) is 16.7 Å². The summed E-state index contributed by atoms with van der Waals surface area (Å²) in [6, 6.07) is 20.8. The number of amidine groups is 1. The number of hydrogen-bond acceptors (Lipinski definition) is 5.